The molecule has 0 bridgehead atoms. The molecule has 1 aliphatic heterocycles. The second kappa shape index (κ2) is 4.60. The van der Waals surface area contributed by atoms with Gasteiger partial charge in [-0.25, -0.2) is 4.98 Å². The quantitative estimate of drug-likeness (QED) is 0.856. The summed E-state index contributed by atoms with van der Waals surface area (Å²) in [5.41, 5.74) is 1.20. The Balaban J connectivity index is 2.24. The molecule has 2 heterocycles. The first-order chi connectivity index (χ1) is 7.27. The largest absolute Gasteiger partial charge is 0.381 e. The molecule has 1 aromatic rings. The first kappa shape index (κ1) is 11.0. The Bertz CT molecular complexity index is 313. The van der Waals surface area contributed by atoms with E-state index in [0.29, 0.717) is 0 Å². The van der Waals surface area contributed by atoms with Gasteiger partial charge in [-0.3, -0.25) is 0 Å². The lowest BCUT2D eigenvalue weighted by Crippen LogP contribution is -2.46. The van der Waals surface area contributed by atoms with Gasteiger partial charge in [0.05, 0.1) is 5.54 Å². The Kier molecular flexibility index (Phi) is 3.38. The van der Waals surface area contributed by atoms with E-state index in [-0.39, 0.29) is 5.54 Å². The van der Waals surface area contributed by atoms with Crippen molar-refractivity contribution in [2.24, 2.45) is 0 Å². The Hall–Kier alpha value is -0.450. The summed E-state index contributed by atoms with van der Waals surface area (Å²) in [6.07, 6.45) is 2.07. The summed E-state index contributed by atoms with van der Waals surface area (Å²) in [6, 6.07) is 0. The van der Waals surface area contributed by atoms with Crippen LogP contribution in [0.1, 0.15) is 30.5 Å². The second-order valence-corrected chi connectivity index (χ2v) is 4.88. The third-order valence-corrected chi connectivity index (χ3v) is 4.05. The Labute approximate surface area is 94.9 Å². The predicted molar refractivity (Wildman–Crippen MR) is 62.3 cm³/mol. The molecule has 0 saturated carbocycles. The number of aryl methyl sites for hydroxylation is 1. The van der Waals surface area contributed by atoms with Crippen LogP contribution < -0.4 is 5.32 Å². The molecule has 0 spiro atoms. The number of aromatic nitrogens is 1. The van der Waals surface area contributed by atoms with E-state index in [2.05, 4.69) is 29.5 Å². The summed E-state index contributed by atoms with van der Waals surface area (Å²) in [4.78, 5) is 4.63. The lowest BCUT2D eigenvalue weighted by atomic mass is 9.90. The second-order valence-electron chi connectivity index (χ2n) is 4.02. The number of hydrogen-bond donors (Lipinski definition) is 1. The van der Waals surface area contributed by atoms with Crippen molar-refractivity contribution >= 4 is 11.3 Å². The maximum atomic E-state index is 5.44. The molecule has 84 valence electrons. The molecule has 0 aromatic carbocycles. The van der Waals surface area contributed by atoms with Crippen LogP contribution in [0, 0.1) is 6.92 Å². The van der Waals surface area contributed by atoms with Crippen LogP contribution in [0.15, 0.2) is 5.38 Å². The molecule has 1 aromatic heterocycles. The first-order valence-electron chi connectivity index (χ1n) is 5.52. The summed E-state index contributed by atoms with van der Waals surface area (Å²) in [5.74, 6) is 0. The fraction of sp³-hybridized carbons (Fsp3) is 0.727. The average Bonchev–Trinajstić information content (AvgIpc) is 2.67. The molecule has 4 heteroatoms. The van der Waals surface area contributed by atoms with Gasteiger partial charge in [0.25, 0.3) is 0 Å². The number of nitrogens with zero attached hydrogens (tertiary/aromatic N) is 1. The SMILES string of the molecule is CCNC1(c2nc(C)cs2)CCOCC1. The fourth-order valence-corrected chi connectivity index (χ4v) is 3.13. The minimum absolute atomic E-state index is 0.0753. The average molecular weight is 226 g/mol. The Morgan fingerprint density at radius 1 is 1.53 bits per heavy atom. The van der Waals surface area contributed by atoms with E-state index in [9.17, 15) is 0 Å². The maximum absolute atomic E-state index is 5.44. The number of hydrogen-bond acceptors (Lipinski definition) is 4. The molecular weight excluding hydrogens is 208 g/mol. The van der Waals surface area contributed by atoms with Crippen LogP contribution in [0.4, 0.5) is 0 Å². The lowest BCUT2D eigenvalue weighted by Gasteiger charge is -2.36. The van der Waals surface area contributed by atoms with E-state index in [0.717, 1.165) is 38.3 Å². The normalized spacial score (nSPS) is 20.4. The molecule has 1 fully saturated rings. The zero-order chi connectivity index (χ0) is 10.7. The molecule has 0 amide bonds. The molecule has 1 N–H and O–H groups in total. The first-order valence-corrected chi connectivity index (χ1v) is 6.40. The van der Waals surface area contributed by atoms with Crippen LogP contribution in [0.3, 0.4) is 0 Å². The van der Waals surface area contributed by atoms with E-state index >= 15 is 0 Å². The van der Waals surface area contributed by atoms with E-state index in [4.69, 9.17) is 4.74 Å². The van der Waals surface area contributed by atoms with Crippen LogP contribution in [-0.4, -0.2) is 24.7 Å². The molecule has 2 rings (SSSR count). The monoisotopic (exact) mass is 226 g/mol. The zero-order valence-electron chi connectivity index (χ0n) is 9.38. The summed E-state index contributed by atoms with van der Waals surface area (Å²) >= 11 is 1.77. The highest BCUT2D eigenvalue weighted by Crippen LogP contribution is 2.33. The maximum Gasteiger partial charge on any atom is 0.113 e. The lowest BCUT2D eigenvalue weighted by molar-refractivity contribution is 0.0372. The van der Waals surface area contributed by atoms with Gasteiger partial charge in [-0.05, 0) is 26.3 Å². The number of ether oxygens (including phenoxy) is 1. The van der Waals surface area contributed by atoms with Crippen molar-refractivity contribution in [3.8, 4) is 0 Å². The van der Waals surface area contributed by atoms with Crippen molar-refractivity contribution in [2.45, 2.75) is 32.2 Å². The fourth-order valence-electron chi connectivity index (χ4n) is 2.10. The molecule has 1 aliphatic rings. The van der Waals surface area contributed by atoms with Crippen molar-refractivity contribution in [1.82, 2.24) is 10.3 Å². The van der Waals surface area contributed by atoms with Gasteiger partial charge in [0.2, 0.25) is 0 Å². The minimum Gasteiger partial charge on any atom is -0.381 e. The number of rotatable bonds is 3. The highest BCUT2D eigenvalue weighted by Gasteiger charge is 2.35. The summed E-state index contributed by atoms with van der Waals surface area (Å²) in [7, 11) is 0. The summed E-state index contributed by atoms with van der Waals surface area (Å²) in [6.45, 7) is 6.87. The highest BCUT2D eigenvalue weighted by atomic mass is 32.1. The van der Waals surface area contributed by atoms with E-state index in [1.54, 1.807) is 11.3 Å². The topological polar surface area (TPSA) is 34.2 Å². The van der Waals surface area contributed by atoms with Gasteiger partial charge in [-0.15, -0.1) is 11.3 Å². The molecule has 3 nitrogen and oxygen atoms in total. The van der Waals surface area contributed by atoms with E-state index in [1.807, 2.05) is 0 Å². The minimum atomic E-state index is 0.0753. The van der Waals surface area contributed by atoms with Gasteiger partial charge in [0.1, 0.15) is 5.01 Å². The number of nitrogens with one attached hydrogen (secondary N) is 1. The van der Waals surface area contributed by atoms with Gasteiger partial charge >= 0.3 is 0 Å². The van der Waals surface area contributed by atoms with Crippen LogP contribution in [-0.2, 0) is 10.3 Å². The van der Waals surface area contributed by atoms with Gasteiger partial charge in [-0.2, -0.15) is 0 Å². The Morgan fingerprint density at radius 2 is 2.27 bits per heavy atom. The van der Waals surface area contributed by atoms with Crippen LogP contribution >= 0.6 is 11.3 Å². The Morgan fingerprint density at radius 3 is 2.80 bits per heavy atom. The molecule has 0 aliphatic carbocycles. The molecule has 0 radical (unpaired) electrons. The van der Waals surface area contributed by atoms with Crippen molar-refractivity contribution < 1.29 is 4.74 Å². The van der Waals surface area contributed by atoms with Gasteiger partial charge in [0, 0.05) is 24.3 Å². The van der Waals surface area contributed by atoms with Crippen LogP contribution in [0.5, 0.6) is 0 Å². The highest BCUT2D eigenvalue weighted by molar-refractivity contribution is 7.09. The van der Waals surface area contributed by atoms with Gasteiger partial charge in [0.15, 0.2) is 0 Å². The summed E-state index contributed by atoms with van der Waals surface area (Å²) in [5, 5.41) is 6.95. The van der Waals surface area contributed by atoms with Crippen LogP contribution in [0.25, 0.3) is 0 Å². The van der Waals surface area contributed by atoms with Crippen molar-refractivity contribution in [2.75, 3.05) is 19.8 Å². The van der Waals surface area contributed by atoms with Crippen LogP contribution in [0.2, 0.25) is 0 Å². The standard InChI is InChI=1S/C11H18N2OS/c1-3-12-11(4-6-14-7-5-11)10-13-9(2)8-15-10/h8,12H,3-7H2,1-2H3. The zero-order valence-corrected chi connectivity index (χ0v) is 10.2. The van der Waals surface area contributed by atoms with Gasteiger partial charge in [-0.1, -0.05) is 6.92 Å². The van der Waals surface area contributed by atoms with E-state index in [1.165, 1.54) is 5.01 Å². The molecule has 1 saturated heterocycles. The third kappa shape index (κ3) is 2.22. The number of thiazole rings is 1. The smallest absolute Gasteiger partial charge is 0.113 e. The molecular formula is C11H18N2OS. The molecule has 0 atom stereocenters. The van der Waals surface area contributed by atoms with E-state index < -0.39 is 0 Å². The predicted octanol–water partition coefficient (Wildman–Crippen LogP) is 2.07. The van der Waals surface area contributed by atoms with Gasteiger partial charge < -0.3 is 10.1 Å². The van der Waals surface area contributed by atoms with Crippen molar-refractivity contribution in [1.29, 1.82) is 0 Å². The summed E-state index contributed by atoms with van der Waals surface area (Å²) < 4.78 is 5.44. The van der Waals surface area contributed by atoms with Crippen molar-refractivity contribution in [3.05, 3.63) is 16.1 Å². The van der Waals surface area contributed by atoms with Crippen molar-refractivity contribution in [3.63, 3.8) is 0 Å². The third-order valence-electron chi connectivity index (χ3n) is 2.89. The molecule has 0 unspecified atom stereocenters. The molecule has 15 heavy (non-hydrogen) atoms.